The number of nitrogens with zero attached hydrogens (tertiary/aromatic N) is 3. The minimum absolute atomic E-state index is 0.0834. The largest absolute Gasteiger partial charge is 0.341 e. The zero-order valence-corrected chi connectivity index (χ0v) is 17.6. The van der Waals surface area contributed by atoms with Gasteiger partial charge in [-0.1, -0.05) is 60.8 Å². The molecule has 0 amide bonds. The lowest BCUT2D eigenvalue weighted by atomic mass is 10.3. The van der Waals surface area contributed by atoms with Crippen LogP contribution in [-0.2, 0) is 0 Å². The average Bonchev–Trinajstić information content (AvgIpc) is 2.62. The van der Waals surface area contributed by atoms with E-state index in [4.69, 9.17) is 36.0 Å². The number of thiocarbonyl (C=S) groups is 2. The number of hydrogen-bond acceptors (Lipinski definition) is 7. The highest BCUT2D eigenvalue weighted by atomic mass is 35.5. The molecule has 3 aromatic rings. The van der Waals surface area contributed by atoms with Gasteiger partial charge in [-0.2, -0.15) is 15.0 Å². The number of nitrogens with one attached hydrogen (secondary N) is 2. The second kappa shape index (κ2) is 9.95. The van der Waals surface area contributed by atoms with Crippen LogP contribution in [0.5, 0.6) is 0 Å². The molecule has 0 atom stereocenters. The molecule has 136 valence electrons. The molecular weight excluding hydrogens is 438 g/mol. The predicted molar refractivity (Wildman–Crippen MR) is 122 cm³/mol. The van der Waals surface area contributed by atoms with Crippen molar-refractivity contribution in [3.63, 3.8) is 0 Å². The first-order valence-electron chi connectivity index (χ1n) is 7.58. The van der Waals surface area contributed by atoms with Crippen molar-refractivity contribution >= 4 is 79.6 Å². The van der Waals surface area contributed by atoms with Crippen molar-refractivity contribution in [3.05, 3.63) is 65.9 Å². The molecule has 5 nitrogen and oxygen atoms in total. The summed E-state index contributed by atoms with van der Waals surface area (Å²) in [5.74, 6) is 0. The SMILES string of the molecule is S=C(Nc1ccccc1)Sc1nc(Cl)nc(SC(=S)Nc2ccccc2)n1. The first-order valence-corrected chi connectivity index (χ1v) is 10.4. The standard InChI is InChI=1S/C17H12ClN5S4/c18-13-21-14(26-16(24)19-11-7-3-1-4-8-11)23-15(22-13)27-17(25)20-12-9-5-2-6-10-12/h1-10H,(H,19,24)(H,20,25). The topological polar surface area (TPSA) is 62.7 Å². The molecule has 27 heavy (non-hydrogen) atoms. The number of benzene rings is 2. The number of rotatable bonds is 4. The summed E-state index contributed by atoms with van der Waals surface area (Å²) in [6.45, 7) is 0. The lowest BCUT2D eigenvalue weighted by molar-refractivity contribution is 0.806. The fourth-order valence-electron chi connectivity index (χ4n) is 1.90. The molecule has 0 spiro atoms. The average molecular weight is 450 g/mol. The van der Waals surface area contributed by atoms with Crippen molar-refractivity contribution in [1.29, 1.82) is 0 Å². The Morgan fingerprint density at radius 2 is 1.11 bits per heavy atom. The van der Waals surface area contributed by atoms with Gasteiger partial charge in [0.1, 0.15) is 8.64 Å². The van der Waals surface area contributed by atoms with E-state index in [0.717, 1.165) is 11.4 Å². The van der Waals surface area contributed by atoms with Gasteiger partial charge >= 0.3 is 0 Å². The van der Waals surface area contributed by atoms with Crippen LogP contribution >= 0.6 is 59.6 Å². The zero-order chi connectivity index (χ0) is 19.1. The van der Waals surface area contributed by atoms with Crippen molar-refractivity contribution in [2.24, 2.45) is 0 Å². The van der Waals surface area contributed by atoms with E-state index in [9.17, 15) is 0 Å². The summed E-state index contributed by atoms with van der Waals surface area (Å²) >= 11 is 19.1. The lowest BCUT2D eigenvalue weighted by Gasteiger charge is -2.08. The molecule has 0 aliphatic carbocycles. The van der Waals surface area contributed by atoms with E-state index < -0.39 is 0 Å². The minimum Gasteiger partial charge on any atom is -0.341 e. The Balaban J connectivity index is 1.63. The summed E-state index contributed by atoms with van der Waals surface area (Å²) in [5.41, 5.74) is 1.77. The van der Waals surface area contributed by atoms with Gasteiger partial charge in [0, 0.05) is 11.4 Å². The summed E-state index contributed by atoms with van der Waals surface area (Å²) in [6, 6.07) is 19.2. The molecule has 0 saturated heterocycles. The summed E-state index contributed by atoms with van der Waals surface area (Å²) < 4.78 is 1.01. The van der Waals surface area contributed by atoms with Gasteiger partial charge < -0.3 is 10.6 Å². The summed E-state index contributed by atoms with van der Waals surface area (Å²) in [4.78, 5) is 12.6. The Labute approximate surface area is 180 Å². The van der Waals surface area contributed by atoms with Crippen LogP contribution in [0, 0.1) is 0 Å². The van der Waals surface area contributed by atoms with Crippen LogP contribution in [0.25, 0.3) is 0 Å². The number of thioether (sulfide) groups is 2. The Bertz CT molecular complexity index is 867. The van der Waals surface area contributed by atoms with Gasteiger partial charge in [-0.25, -0.2) is 0 Å². The van der Waals surface area contributed by atoms with Crippen molar-refractivity contribution in [3.8, 4) is 0 Å². The number of aromatic nitrogens is 3. The Morgan fingerprint density at radius 3 is 1.52 bits per heavy atom. The summed E-state index contributed by atoms with van der Waals surface area (Å²) in [5, 5.41) is 7.09. The van der Waals surface area contributed by atoms with Crippen LogP contribution in [-0.4, -0.2) is 23.6 Å². The lowest BCUT2D eigenvalue weighted by Crippen LogP contribution is -2.08. The van der Waals surface area contributed by atoms with Crippen molar-refractivity contribution < 1.29 is 0 Å². The van der Waals surface area contributed by atoms with Crippen molar-refractivity contribution in [1.82, 2.24) is 15.0 Å². The van der Waals surface area contributed by atoms with Gasteiger partial charge in [0.15, 0.2) is 10.3 Å². The Morgan fingerprint density at radius 1 is 0.704 bits per heavy atom. The molecular formula is C17H12ClN5S4. The molecule has 0 radical (unpaired) electrons. The molecule has 0 fully saturated rings. The highest BCUT2D eigenvalue weighted by molar-refractivity contribution is 8.23. The third-order valence-corrected chi connectivity index (χ3v) is 5.15. The van der Waals surface area contributed by atoms with E-state index in [1.54, 1.807) is 0 Å². The number of hydrogen-bond donors (Lipinski definition) is 2. The van der Waals surface area contributed by atoms with Gasteiger partial charge in [-0.05, 0) is 59.4 Å². The molecule has 0 aliphatic rings. The molecule has 0 unspecified atom stereocenters. The maximum absolute atomic E-state index is 6.02. The molecule has 2 aromatic carbocycles. The maximum atomic E-state index is 6.02. The maximum Gasteiger partial charge on any atom is 0.227 e. The monoisotopic (exact) mass is 449 g/mol. The number of anilines is 2. The second-order valence-electron chi connectivity index (χ2n) is 4.93. The van der Waals surface area contributed by atoms with E-state index >= 15 is 0 Å². The highest BCUT2D eigenvalue weighted by Gasteiger charge is 2.11. The van der Waals surface area contributed by atoms with Crippen LogP contribution in [0.1, 0.15) is 0 Å². The smallest absolute Gasteiger partial charge is 0.227 e. The molecule has 1 heterocycles. The van der Waals surface area contributed by atoms with E-state index in [0.29, 0.717) is 19.0 Å². The van der Waals surface area contributed by atoms with E-state index in [2.05, 4.69) is 25.6 Å². The van der Waals surface area contributed by atoms with Gasteiger partial charge in [0.2, 0.25) is 5.28 Å². The third kappa shape index (κ3) is 6.71. The molecule has 0 bridgehead atoms. The van der Waals surface area contributed by atoms with Crippen LogP contribution in [0.15, 0.2) is 71.0 Å². The molecule has 0 aliphatic heterocycles. The zero-order valence-electron chi connectivity index (χ0n) is 13.6. The van der Waals surface area contributed by atoms with Crippen LogP contribution in [0.3, 0.4) is 0 Å². The molecule has 3 rings (SSSR count). The second-order valence-corrected chi connectivity index (χ2v) is 8.56. The Kier molecular flexibility index (Phi) is 7.36. The Hall–Kier alpha value is -1.78. The summed E-state index contributed by atoms with van der Waals surface area (Å²) in [7, 11) is 0. The molecule has 0 saturated carbocycles. The molecule has 1 aromatic heterocycles. The minimum atomic E-state index is 0.0834. The fourth-order valence-corrected chi connectivity index (χ4v) is 4.10. The van der Waals surface area contributed by atoms with Crippen molar-refractivity contribution in [2.75, 3.05) is 10.6 Å². The fraction of sp³-hybridized carbons (Fsp3) is 0. The summed E-state index contributed by atoms with van der Waals surface area (Å²) in [6.07, 6.45) is 0. The first-order chi connectivity index (χ1) is 13.1. The van der Waals surface area contributed by atoms with Crippen molar-refractivity contribution in [2.45, 2.75) is 10.3 Å². The van der Waals surface area contributed by atoms with Gasteiger partial charge in [-0.15, -0.1) is 0 Å². The first kappa shape index (κ1) is 20.0. The third-order valence-electron chi connectivity index (χ3n) is 2.98. The van der Waals surface area contributed by atoms with E-state index in [1.165, 1.54) is 23.5 Å². The van der Waals surface area contributed by atoms with Crippen LogP contribution < -0.4 is 10.6 Å². The van der Waals surface area contributed by atoms with Crippen LogP contribution in [0.4, 0.5) is 11.4 Å². The highest BCUT2D eigenvalue weighted by Crippen LogP contribution is 2.23. The quantitative estimate of drug-likeness (QED) is 0.396. The van der Waals surface area contributed by atoms with Crippen LogP contribution in [0.2, 0.25) is 5.28 Å². The normalized spacial score (nSPS) is 10.3. The number of halogens is 1. The molecule has 10 heteroatoms. The number of para-hydroxylation sites is 2. The molecule has 2 N–H and O–H groups in total. The van der Waals surface area contributed by atoms with E-state index in [-0.39, 0.29) is 5.28 Å². The van der Waals surface area contributed by atoms with E-state index in [1.807, 2.05) is 60.7 Å². The predicted octanol–water partition coefficient (Wildman–Crippen LogP) is 5.50. The van der Waals surface area contributed by atoms with Gasteiger partial charge in [0.25, 0.3) is 0 Å². The van der Waals surface area contributed by atoms with Gasteiger partial charge in [-0.3, -0.25) is 0 Å². The van der Waals surface area contributed by atoms with Gasteiger partial charge in [0.05, 0.1) is 0 Å².